The van der Waals surface area contributed by atoms with Gasteiger partial charge in [0.25, 0.3) is 0 Å². The zero-order chi connectivity index (χ0) is 7.56. The minimum Gasteiger partial charge on any atom is -0.378 e. The van der Waals surface area contributed by atoms with Crippen LogP contribution in [-0.4, -0.2) is 18.1 Å². The molecule has 10 heavy (non-hydrogen) atoms. The molecular weight excluding hydrogens is 148 g/mol. The molecule has 0 saturated carbocycles. The maximum absolute atomic E-state index is 6.09. The van der Waals surface area contributed by atoms with E-state index in [1.807, 2.05) is 0 Å². The van der Waals surface area contributed by atoms with Crippen molar-refractivity contribution in [2.24, 2.45) is 5.92 Å². The van der Waals surface area contributed by atoms with E-state index in [9.17, 15) is 0 Å². The molecule has 1 aliphatic heterocycles. The number of alkyl halides is 1. The van der Waals surface area contributed by atoms with Crippen LogP contribution in [0.25, 0.3) is 0 Å². The molecule has 0 aromatic rings. The Morgan fingerprint density at radius 1 is 1.70 bits per heavy atom. The summed E-state index contributed by atoms with van der Waals surface area (Å²) in [4.78, 5) is 0. The van der Waals surface area contributed by atoms with Crippen molar-refractivity contribution in [1.82, 2.24) is 0 Å². The second-order valence-corrected chi connectivity index (χ2v) is 3.51. The van der Waals surface area contributed by atoms with Crippen LogP contribution in [0.5, 0.6) is 0 Å². The first-order valence-electron chi connectivity index (χ1n) is 4.01. The van der Waals surface area contributed by atoms with E-state index in [4.69, 9.17) is 16.3 Å². The normalized spacial score (nSPS) is 36.3. The second-order valence-electron chi connectivity index (χ2n) is 2.95. The fourth-order valence-electron chi connectivity index (χ4n) is 1.53. The molecule has 1 nitrogen and oxygen atoms in total. The Bertz CT molecular complexity index is 105. The van der Waals surface area contributed by atoms with Gasteiger partial charge >= 0.3 is 0 Å². The molecule has 0 bridgehead atoms. The lowest BCUT2D eigenvalue weighted by atomic mass is 9.97. The molecule has 1 fully saturated rings. The lowest BCUT2D eigenvalue weighted by Crippen LogP contribution is -2.21. The average Bonchev–Trinajstić information content (AvgIpc) is 2.34. The van der Waals surface area contributed by atoms with E-state index in [-0.39, 0.29) is 0 Å². The number of hydrogen-bond acceptors (Lipinski definition) is 1. The molecule has 3 unspecified atom stereocenters. The van der Waals surface area contributed by atoms with Gasteiger partial charge in [-0.3, -0.25) is 0 Å². The Kier molecular flexibility index (Phi) is 2.99. The summed E-state index contributed by atoms with van der Waals surface area (Å²) in [7, 11) is 0. The van der Waals surface area contributed by atoms with Crippen molar-refractivity contribution in [2.45, 2.75) is 38.2 Å². The molecule has 3 atom stereocenters. The summed E-state index contributed by atoms with van der Waals surface area (Å²) >= 11 is 6.09. The van der Waals surface area contributed by atoms with Crippen LogP contribution in [-0.2, 0) is 4.74 Å². The molecule has 0 spiro atoms. The molecule has 2 heteroatoms. The topological polar surface area (TPSA) is 9.23 Å². The van der Waals surface area contributed by atoms with Crippen molar-refractivity contribution >= 4 is 11.6 Å². The molecule has 0 aromatic heterocycles. The summed E-state index contributed by atoms with van der Waals surface area (Å²) in [6.07, 6.45) is 2.57. The summed E-state index contributed by atoms with van der Waals surface area (Å²) < 4.78 is 5.40. The summed E-state index contributed by atoms with van der Waals surface area (Å²) in [6, 6.07) is 0. The molecule has 60 valence electrons. The molecule has 0 radical (unpaired) electrons. The van der Waals surface area contributed by atoms with E-state index in [0.717, 1.165) is 19.4 Å². The highest BCUT2D eigenvalue weighted by atomic mass is 35.5. The van der Waals surface area contributed by atoms with Gasteiger partial charge in [-0.05, 0) is 19.8 Å². The quantitative estimate of drug-likeness (QED) is 0.567. The van der Waals surface area contributed by atoms with Crippen LogP contribution < -0.4 is 0 Å². The minimum atomic E-state index is 0.317. The van der Waals surface area contributed by atoms with Crippen LogP contribution in [0.2, 0.25) is 0 Å². The van der Waals surface area contributed by atoms with E-state index in [0.29, 0.717) is 17.4 Å². The van der Waals surface area contributed by atoms with E-state index in [2.05, 4.69) is 13.8 Å². The highest BCUT2D eigenvalue weighted by Crippen LogP contribution is 2.28. The van der Waals surface area contributed by atoms with E-state index < -0.39 is 0 Å². The van der Waals surface area contributed by atoms with E-state index in [1.165, 1.54) is 0 Å². The molecule has 0 amide bonds. The van der Waals surface area contributed by atoms with Gasteiger partial charge in [-0.15, -0.1) is 11.6 Å². The standard InChI is InChI=1S/C8H15ClO/c1-3-8(9)7-4-5-10-6(7)2/h6-8H,3-5H2,1-2H3. The predicted molar refractivity (Wildman–Crippen MR) is 43.5 cm³/mol. The largest absolute Gasteiger partial charge is 0.378 e. The summed E-state index contributed by atoms with van der Waals surface area (Å²) in [6.45, 7) is 5.14. The predicted octanol–water partition coefficient (Wildman–Crippen LogP) is 2.43. The molecular formula is C8H15ClO. The molecule has 1 aliphatic rings. The molecule has 0 N–H and O–H groups in total. The van der Waals surface area contributed by atoms with Gasteiger partial charge in [0.05, 0.1) is 6.10 Å². The van der Waals surface area contributed by atoms with Gasteiger partial charge in [0.2, 0.25) is 0 Å². The van der Waals surface area contributed by atoms with Gasteiger partial charge in [-0.2, -0.15) is 0 Å². The van der Waals surface area contributed by atoms with E-state index in [1.54, 1.807) is 0 Å². The van der Waals surface area contributed by atoms with Crippen molar-refractivity contribution in [3.8, 4) is 0 Å². The Morgan fingerprint density at radius 2 is 2.40 bits per heavy atom. The average molecular weight is 163 g/mol. The maximum Gasteiger partial charge on any atom is 0.0590 e. The first-order valence-corrected chi connectivity index (χ1v) is 4.45. The molecule has 0 aromatic carbocycles. The lowest BCUT2D eigenvalue weighted by molar-refractivity contribution is 0.104. The first kappa shape index (κ1) is 8.35. The van der Waals surface area contributed by atoms with Gasteiger partial charge in [0.1, 0.15) is 0 Å². The third kappa shape index (κ3) is 1.64. The van der Waals surface area contributed by atoms with Crippen LogP contribution in [0, 0.1) is 5.92 Å². The van der Waals surface area contributed by atoms with Gasteiger partial charge in [-0.1, -0.05) is 6.92 Å². The molecule has 1 heterocycles. The van der Waals surface area contributed by atoms with Gasteiger partial charge in [0, 0.05) is 17.9 Å². The molecule has 0 aliphatic carbocycles. The SMILES string of the molecule is CCC(Cl)C1CCOC1C. The Hall–Kier alpha value is 0.250. The zero-order valence-corrected chi connectivity index (χ0v) is 7.40. The van der Waals surface area contributed by atoms with Crippen molar-refractivity contribution in [3.05, 3.63) is 0 Å². The lowest BCUT2D eigenvalue weighted by Gasteiger charge is -2.17. The number of hydrogen-bond donors (Lipinski definition) is 0. The number of rotatable bonds is 2. The second kappa shape index (κ2) is 3.59. The number of halogens is 1. The van der Waals surface area contributed by atoms with E-state index >= 15 is 0 Å². The third-order valence-electron chi connectivity index (χ3n) is 2.29. The first-order chi connectivity index (χ1) is 4.75. The van der Waals surface area contributed by atoms with Gasteiger partial charge in [0.15, 0.2) is 0 Å². The van der Waals surface area contributed by atoms with Crippen molar-refractivity contribution in [1.29, 1.82) is 0 Å². The van der Waals surface area contributed by atoms with Crippen LogP contribution >= 0.6 is 11.6 Å². The monoisotopic (exact) mass is 162 g/mol. The zero-order valence-electron chi connectivity index (χ0n) is 6.64. The summed E-state index contributed by atoms with van der Waals surface area (Å²) in [5.74, 6) is 0.590. The van der Waals surface area contributed by atoms with Crippen molar-refractivity contribution < 1.29 is 4.74 Å². The fraction of sp³-hybridized carbons (Fsp3) is 1.00. The summed E-state index contributed by atoms with van der Waals surface area (Å²) in [5, 5.41) is 0.317. The molecule has 1 rings (SSSR count). The van der Waals surface area contributed by atoms with Gasteiger partial charge in [-0.25, -0.2) is 0 Å². The Labute approximate surface area is 67.7 Å². The van der Waals surface area contributed by atoms with Crippen LogP contribution in [0.3, 0.4) is 0 Å². The molecule has 1 saturated heterocycles. The van der Waals surface area contributed by atoms with Gasteiger partial charge < -0.3 is 4.74 Å². The van der Waals surface area contributed by atoms with Crippen LogP contribution in [0.4, 0.5) is 0 Å². The summed E-state index contributed by atoms with van der Waals surface area (Å²) in [5.41, 5.74) is 0. The maximum atomic E-state index is 6.09. The Morgan fingerprint density at radius 3 is 2.80 bits per heavy atom. The van der Waals surface area contributed by atoms with Crippen molar-refractivity contribution in [2.75, 3.05) is 6.61 Å². The fourth-order valence-corrected chi connectivity index (χ4v) is 1.86. The highest BCUT2D eigenvalue weighted by molar-refractivity contribution is 6.20. The smallest absolute Gasteiger partial charge is 0.0590 e. The minimum absolute atomic E-state index is 0.317. The Balaban J connectivity index is 2.38. The van der Waals surface area contributed by atoms with Crippen molar-refractivity contribution in [3.63, 3.8) is 0 Å². The van der Waals surface area contributed by atoms with Crippen LogP contribution in [0.1, 0.15) is 26.7 Å². The number of ether oxygens (including phenoxy) is 1. The highest BCUT2D eigenvalue weighted by Gasteiger charge is 2.29. The van der Waals surface area contributed by atoms with Crippen LogP contribution in [0.15, 0.2) is 0 Å². The third-order valence-corrected chi connectivity index (χ3v) is 2.92.